The summed E-state index contributed by atoms with van der Waals surface area (Å²) in [5.41, 5.74) is 0.671. The standard InChI is InChI=1S/C14H28/c1-3-14(2)12-10-8-6-4-5-7-9-11-13-14/h3-13H2,1-2H3. The monoisotopic (exact) mass is 196 g/mol. The van der Waals surface area contributed by atoms with Crippen LogP contribution in [0, 0.1) is 5.41 Å². The van der Waals surface area contributed by atoms with Gasteiger partial charge in [-0.1, -0.05) is 71.6 Å². The van der Waals surface area contributed by atoms with Gasteiger partial charge in [0.05, 0.1) is 0 Å². The van der Waals surface area contributed by atoms with Gasteiger partial charge in [-0.25, -0.2) is 0 Å². The Hall–Kier alpha value is 0. The summed E-state index contributed by atoms with van der Waals surface area (Å²) in [4.78, 5) is 0. The molecule has 0 unspecified atom stereocenters. The van der Waals surface area contributed by atoms with Gasteiger partial charge in [-0.05, 0) is 18.3 Å². The maximum atomic E-state index is 2.50. The molecule has 1 rings (SSSR count). The average Bonchev–Trinajstić information content (AvgIpc) is 2.24. The summed E-state index contributed by atoms with van der Waals surface area (Å²) in [6, 6.07) is 0. The molecule has 84 valence electrons. The predicted molar refractivity (Wildman–Crippen MR) is 64.6 cm³/mol. The van der Waals surface area contributed by atoms with Gasteiger partial charge in [0, 0.05) is 0 Å². The third-order valence-corrected chi connectivity index (χ3v) is 4.16. The Labute approximate surface area is 90.5 Å². The van der Waals surface area contributed by atoms with Crippen molar-refractivity contribution >= 4 is 0 Å². The van der Waals surface area contributed by atoms with E-state index in [1.54, 1.807) is 0 Å². The number of rotatable bonds is 1. The van der Waals surface area contributed by atoms with E-state index in [1.165, 1.54) is 70.6 Å². The van der Waals surface area contributed by atoms with Gasteiger partial charge in [-0.2, -0.15) is 0 Å². The summed E-state index contributed by atoms with van der Waals surface area (Å²) < 4.78 is 0. The van der Waals surface area contributed by atoms with Crippen LogP contribution in [0.4, 0.5) is 0 Å². The molecule has 1 aliphatic rings. The molecule has 0 atom stereocenters. The Morgan fingerprint density at radius 2 is 1.07 bits per heavy atom. The van der Waals surface area contributed by atoms with Gasteiger partial charge in [0.25, 0.3) is 0 Å². The van der Waals surface area contributed by atoms with E-state index in [1.807, 2.05) is 0 Å². The van der Waals surface area contributed by atoms with E-state index in [2.05, 4.69) is 13.8 Å². The molecule has 0 radical (unpaired) electrons. The maximum absolute atomic E-state index is 2.50. The van der Waals surface area contributed by atoms with E-state index in [-0.39, 0.29) is 0 Å². The van der Waals surface area contributed by atoms with Crippen LogP contribution in [-0.2, 0) is 0 Å². The molecule has 0 aliphatic heterocycles. The predicted octanol–water partition coefficient (Wildman–Crippen LogP) is 5.32. The lowest BCUT2D eigenvalue weighted by atomic mass is 9.78. The molecule has 0 nitrogen and oxygen atoms in total. The zero-order chi connectivity index (χ0) is 10.3. The Morgan fingerprint density at radius 3 is 1.43 bits per heavy atom. The molecule has 1 saturated carbocycles. The first-order valence-corrected chi connectivity index (χ1v) is 6.77. The number of hydrogen-bond donors (Lipinski definition) is 0. The fraction of sp³-hybridized carbons (Fsp3) is 1.00. The molecule has 14 heavy (non-hydrogen) atoms. The van der Waals surface area contributed by atoms with Crippen LogP contribution in [-0.4, -0.2) is 0 Å². The van der Waals surface area contributed by atoms with Crippen molar-refractivity contribution < 1.29 is 0 Å². The van der Waals surface area contributed by atoms with Crippen LogP contribution in [0.1, 0.15) is 84.5 Å². The van der Waals surface area contributed by atoms with Crippen LogP contribution < -0.4 is 0 Å². The molecular weight excluding hydrogens is 168 g/mol. The Kier molecular flexibility index (Phi) is 5.59. The van der Waals surface area contributed by atoms with Gasteiger partial charge in [-0.3, -0.25) is 0 Å². The van der Waals surface area contributed by atoms with Crippen molar-refractivity contribution in [1.82, 2.24) is 0 Å². The first kappa shape index (κ1) is 12.1. The third kappa shape index (κ3) is 4.48. The van der Waals surface area contributed by atoms with Crippen molar-refractivity contribution in [2.45, 2.75) is 84.5 Å². The minimum absolute atomic E-state index is 0.671. The molecule has 0 aromatic rings. The van der Waals surface area contributed by atoms with Crippen LogP contribution in [0.2, 0.25) is 0 Å². The summed E-state index contributed by atoms with van der Waals surface area (Å²) in [5, 5.41) is 0. The molecule has 0 amide bonds. The van der Waals surface area contributed by atoms with Crippen molar-refractivity contribution in [3.8, 4) is 0 Å². The first-order chi connectivity index (χ1) is 6.77. The summed E-state index contributed by atoms with van der Waals surface area (Å²) in [7, 11) is 0. The van der Waals surface area contributed by atoms with Gasteiger partial charge in [0.2, 0.25) is 0 Å². The van der Waals surface area contributed by atoms with Crippen molar-refractivity contribution in [3.63, 3.8) is 0 Å². The molecule has 0 bridgehead atoms. The Bertz CT molecular complexity index is 125. The summed E-state index contributed by atoms with van der Waals surface area (Å²) in [6.07, 6.45) is 16.2. The molecule has 1 aliphatic carbocycles. The van der Waals surface area contributed by atoms with Crippen molar-refractivity contribution in [1.29, 1.82) is 0 Å². The van der Waals surface area contributed by atoms with E-state index in [9.17, 15) is 0 Å². The quantitative estimate of drug-likeness (QED) is 0.532. The Balaban J connectivity index is 2.35. The number of hydrogen-bond acceptors (Lipinski definition) is 0. The Morgan fingerprint density at radius 1 is 0.714 bits per heavy atom. The normalized spacial score (nSPS) is 25.3. The fourth-order valence-electron chi connectivity index (χ4n) is 2.64. The van der Waals surface area contributed by atoms with Crippen molar-refractivity contribution in [2.24, 2.45) is 5.41 Å². The van der Waals surface area contributed by atoms with Crippen LogP contribution in [0.5, 0.6) is 0 Å². The van der Waals surface area contributed by atoms with Gasteiger partial charge >= 0.3 is 0 Å². The third-order valence-electron chi connectivity index (χ3n) is 4.16. The lowest BCUT2D eigenvalue weighted by Crippen LogP contribution is -2.14. The highest BCUT2D eigenvalue weighted by atomic mass is 14.3. The van der Waals surface area contributed by atoms with Crippen LogP contribution >= 0.6 is 0 Å². The second-order valence-electron chi connectivity index (χ2n) is 5.49. The van der Waals surface area contributed by atoms with Crippen molar-refractivity contribution in [2.75, 3.05) is 0 Å². The average molecular weight is 196 g/mol. The smallest absolute Gasteiger partial charge is 0.0328 e. The molecule has 0 spiro atoms. The summed E-state index contributed by atoms with van der Waals surface area (Å²) in [5.74, 6) is 0. The van der Waals surface area contributed by atoms with Crippen LogP contribution in [0.15, 0.2) is 0 Å². The molecule has 0 saturated heterocycles. The molecule has 0 aromatic heterocycles. The molecule has 0 N–H and O–H groups in total. The minimum atomic E-state index is 0.671. The summed E-state index contributed by atoms with van der Waals surface area (Å²) >= 11 is 0. The van der Waals surface area contributed by atoms with E-state index < -0.39 is 0 Å². The topological polar surface area (TPSA) is 0 Å². The molecular formula is C14H28. The van der Waals surface area contributed by atoms with Crippen LogP contribution in [0.3, 0.4) is 0 Å². The molecule has 0 heteroatoms. The van der Waals surface area contributed by atoms with E-state index in [0.29, 0.717) is 5.41 Å². The lowest BCUT2D eigenvalue weighted by molar-refractivity contribution is 0.244. The minimum Gasteiger partial charge on any atom is -0.0649 e. The molecule has 1 fully saturated rings. The molecule has 0 heterocycles. The highest BCUT2D eigenvalue weighted by Crippen LogP contribution is 2.35. The van der Waals surface area contributed by atoms with Crippen LogP contribution in [0.25, 0.3) is 0 Å². The zero-order valence-corrected chi connectivity index (χ0v) is 10.3. The zero-order valence-electron chi connectivity index (χ0n) is 10.3. The van der Waals surface area contributed by atoms with Gasteiger partial charge in [0.15, 0.2) is 0 Å². The second-order valence-corrected chi connectivity index (χ2v) is 5.49. The summed E-state index contributed by atoms with van der Waals surface area (Å²) in [6.45, 7) is 4.88. The van der Waals surface area contributed by atoms with E-state index in [0.717, 1.165) is 0 Å². The maximum Gasteiger partial charge on any atom is -0.0328 e. The van der Waals surface area contributed by atoms with E-state index in [4.69, 9.17) is 0 Å². The fourth-order valence-corrected chi connectivity index (χ4v) is 2.64. The largest absolute Gasteiger partial charge is 0.0649 e. The first-order valence-electron chi connectivity index (χ1n) is 6.77. The van der Waals surface area contributed by atoms with Gasteiger partial charge in [0.1, 0.15) is 0 Å². The highest BCUT2D eigenvalue weighted by Gasteiger charge is 2.20. The van der Waals surface area contributed by atoms with Gasteiger partial charge in [-0.15, -0.1) is 0 Å². The lowest BCUT2D eigenvalue weighted by Gasteiger charge is -2.28. The van der Waals surface area contributed by atoms with Crippen molar-refractivity contribution in [3.05, 3.63) is 0 Å². The van der Waals surface area contributed by atoms with Gasteiger partial charge < -0.3 is 0 Å². The van der Waals surface area contributed by atoms with E-state index >= 15 is 0 Å². The SMILES string of the molecule is CCC1(C)CCCCCCCCCC1. The second kappa shape index (κ2) is 6.48. The highest BCUT2D eigenvalue weighted by molar-refractivity contribution is 4.73. The molecule has 0 aromatic carbocycles.